The Kier molecular flexibility index (Phi) is 5.89. The molecule has 0 saturated heterocycles. The van der Waals surface area contributed by atoms with Crippen molar-refractivity contribution in [3.8, 4) is 17.2 Å². The molecule has 4 nitrogen and oxygen atoms in total. The minimum Gasteiger partial charge on any atom is -0.504 e. The number of benzene rings is 3. The predicted molar refractivity (Wildman–Crippen MR) is 112 cm³/mol. The van der Waals surface area contributed by atoms with Gasteiger partial charge in [0, 0.05) is 17.9 Å². The lowest BCUT2D eigenvalue weighted by molar-refractivity contribution is 0.0901. The van der Waals surface area contributed by atoms with E-state index in [-0.39, 0.29) is 41.8 Å². The zero-order valence-corrected chi connectivity index (χ0v) is 16.8. The van der Waals surface area contributed by atoms with Crippen LogP contribution in [0.15, 0.2) is 54.6 Å². The molecular formula is C25H22F2O4. The number of aryl methyl sites for hydroxylation is 1. The molecule has 0 fully saturated rings. The average molecular weight is 424 g/mol. The van der Waals surface area contributed by atoms with E-state index < -0.39 is 11.6 Å². The SMILES string of the molecule is O=C1c2ccc(OCCc3cc(F)ccc3F)cc2CCC1Cc1ccc(O)c(O)c1. The molecule has 1 unspecified atom stereocenters. The van der Waals surface area contributed by atoms with E-state index in [1.165, 1.54) is 12.1 Å². The predicted octanol–water partition coefficient (Wildman–Crippen LogP) is 4.99. The number of phenolic OH excluding ortho intramolecular Hbond substituents is 2. The number of Topliss-reactive ketones (excluding diaryl/α,β-unsaturated/α-hetero) is 1. The first kappa shape index (κ1) is 20.8. The monoisotopic (exact) mass is 424 g/mol. The van der Waals surface area contributed by atoms with E-state index in [4.69, 9.17) is 4.74 Å². The smallest absolute Gasteiger partial charge is 0.166 e. The third kappa shape index (κ3) is 4.68. The quantitative estimate of drug-likeness (QED) is 0.548. The Morgan fingerprint density at radius 2 is 1.81 bits per heavy atom. The first-order valence-corrected chi connectivity index (χ1v) is 10.2. The van der Waals surface area contributed by atoms with Gasteiger partial charge in [0.2, 0.25) is 0 Å². The van der Waals surface area contributed by atoms with Gasteiger partial charge in [-0.3, -0.25) is 4.79 Å². The van der Waals surface area contributed by atoms with Crippen LogP contribution in [0.5, 0.6) is 17.2 Å². The number of carbonyl (C=O) groups is 1. The van der Waals surface area contributed by atoms with Crippen LogP contribution in [0.1, 0.15) is 33.5 Å². The maximum Gasteiger partial charge on any atom is 0.166 e. The summed E-state index contributed by atoms with van der Waals surface area (Å²) in [5.41, 5.74) is 2.62. The first-order chi connectivity index (χ1) is 14.9. The van der Waals surface area contributed by atoms with Crippen LogP contribution in [-0.2, 0) is 19.3 Å². The molecule has 4 rings (SSSR count). The van der Waals surface area contributed by atoms with Gasteiger partial charge >= 0.3 is 0 Å². The molecule has 0 amide bonds. The summed E-state index contributed by atoms with van der Waals surface area (Å²) < 4.78 is 32.7. The third-order valence-corrected chi connectivity index (χ3v) is 5.64. The van der Waals surface area contributed by atoms with Crippen LogP contribution in [0.25, 0.3) is 0 Å². The minimum atomic E-state index is -0.485. The van der Waals surface area contributed by atoms with Gasteiger partial charge in [-0.2, -0.15) is 0 Å². The van der Waals surface area contributed by atoms with Gasteiger partial charge in [-0.05, 0) is 84.5 Å². The number of hydrogen-bond acceptors (Lipinski definition) is 4. The number of hydrogen-bond donors (Lipinski definition) is 2. The maximum absolute atomic E-state index is 13.7. The van der Waals surface area contributed by atoms with Crippen LogP contribution in [-0.4, -0.2) is 22.6 Å². The molecule has 160 valence electrons. The molecule has 1 aliphatic rings. The molecule has 6 heteroatoms. The lowest BCUT2D eigenvalue weighted by atomic mass is 9.79. The minimum absolute atomic E-state index is 0.0437. The molecule has 1 aliphatic carbocycles. The Morgan fingerprint density at radius 3 is 2.61 bits per heavy atom. The maximum atomic E-state index is 13.7. The molecule has 0 heterocycles. The van der Waals surface area contributed by atoms with Crippen molar-refractivity contribution in [2.75, 3.05) is 6.61 Å². The van der Waals surface area contributed by atoms with Gasteiger partial charge in [0.05, 0.1) is 6.61 Å². The summed E-state index contributed by atoms with van der Waals surface area (Å²) in [6.45, 7) is 0.195. The topological polar surface area (TPSA) is 66.8 Å². The molecule has 0 radical (unpaired) electrons. The Bertz CT molecular complexity index is 1130. The van der Waals surface area contributed by atoms with E-state index in [0.29, 0.717) is 30.6 Å². The molecule has 3 aromatic rings. The van der Waals surface area contributed by atoms with E-state index in [9.17, 15) is 23.8 Å². The zero-order valence-electron chi connectivity index (χ0n) is 16.8. The number of aromatic hydroxyl groups is 2. The van der Waals surface area contributed by atoms with Crippen molar-refractivity contribution in [3.05, 3.63) is 88.5 Å². The first-order valence-electron chi connectivity index (χ1n) is 10.2. The highest BCUT2D eigenvalue weighted by molar-refractivity contribution is 6.00. The van der Waals surface area contributed by atoms with Crippen LogP contribution in [0, 0.1) is 17.6 Å². The van der Waals surface area contributed by atoms with Gasteiger partial charge in [-0.25, -0.2) is 8.78 Å². The molecule has 0 saturated carbocycles. The average Bonchev–Trinajstić information content (AvgIpc) is 2.75. The van der Waals surface area contributed by atoms with Gasteiger partial charge in [0.1, 0.15) is 17.4 Å². The number of halogens is 2. The molecule has 0 aromatic heterocycles. The van der Waals surface area contributed by atoms with Crippen LogP contribution in [0.2, 0.25) is 0 Å². The molecule has 2 N–H and O–H groups in total. The summed E-state index contributed by atoms with van der Waals surface area (Å²) in [5, 5.41) is 19.1. The summed E-state index contributed by atoms with van der Waals surface area (Å²) in [5.74, 6) is -0.890. The van der Waals surface area contributed by atoms with E-state index in [0.717, 1.165) is 29.3 Å². The van der Waals surface area contributed by atoms with Crippen molar-refractivity contribution in [2.45, 2.75) is 25.7 Å². The van der Waals surface area contributed by atoms with Gasteiger partial charge in [0.15, 0.2) is 17.3 Å². The van der Waals surface area contributed by atoms with E-state index in [1.54, 1.807) is 18.2 Å². The fourth-order valence-corrected chi connectivity index (χ4v) is 3.98. The van der Waals surface area contributed by atoms with Crippen LogP contribution < -0.4 is 4.74 Å². The Morgan fingerprint density at radius 1 is 0.968 bits per heavy atom. The van der Waals surface area contributed by atoms with Crippen LogP contribution in [0.3, 0.4) is 0 Å². The second-order valence-electron chi connectivity index (χ2n) is 7.78. The normalized spacial score (nSPS) is 15.5. The number of ether oxygens (including phenoxy) is 1. The highest BCUT2D eigenvalue weighted by Gasteiger charge is 2.28. The highest BCUT2D eigenvalue weighted by atomic mass is 19.1. The Hall–Kier alpha value is -3.41. The molecule has 0 aliphatic heterocycles. The van der Waals surface area contributed by atoms with Crippen molar-refractivity contribution in [1.29, 1.82) is 0 Å². The lowest BCUT2D eigenvalue weighted by Crippen LogP contribution is -2.24. The third-order valence-electron chi connectivity index (χ3n) is 5.64. The Balaban J connectivity index is 1.40. The fourth-order valence-electron chi connectivity index (χ4n) is 3.98. The van der Waals surface area contributed by atoms with Gasteiger partial charge in [-0.1, -0.05) is 6.07 Å². The van der Waals surface area contributed by atoms with Gasteiger partial charge in [0.25, 0.3) is 0 Å². The van der Waals surface area contributed by atoms with Crippen molar-refractivity contribution >= 4 is 5.78 Å². The van der Waals surface area contributed by atoms with Gasteiger partial charge < -0.3 is 14.9 Å². The number of carbonyl (C=O) groups excluding carboxylic acids is 1. The van der Waals surface area contributed by atoms with Crippen molar-refractivity contribution in [2.24, 2.45) is 5.92 Å². The molecule has 0 spiro atoms. The van der Waals surface area contributed by atoms with E-state index in [1.807, 2.05) is 6.07 Å². The van der Waals surface area contributed by atoms with Crippen LogP contribution >= 0.6 is 0 Å². The fraction of sp³-hybridized carbons (Fsp3) is 0.240. The summed E-state index contributed by atoms with van der Waals surface area (Å²) in [6, 6.07) is 13.3. The van der Waals surface area contributed by atoms with Gasteiger partial charge in [-0.15, -0.1) is 0 Å². The summed E-state index contributed by atoms with van der Waals surface area (Å²) >= 11 is 0. The van der Waals surface area contributed by atoms with Crippen LogP contribution in [0.4, 0.5) is 8.78 Å². The van der Waals surface area contributed by atoms with E-state index in [2.05, 4.69) is 0 Å². The summed E-state index contributed by atoms with van der Waals surface area (Å²) in [6.07, 6.45) is 2.11. The molecule has 3 aromatic carbocycles. The molecule has 31 heavy (non-hydrogen) atoms. The van der Waals surface area contributed by atoms with Crippen molar-refractivity contribution in [1.82, 2.24) is 0 Å². The lowest BCUT2D eigenvalue weighted by Gasteiger charge is -2.24. The van der Waals surface area contributed by atoms with Crippen molar-refractivity contribution in [3.63, 3.8) is 0 Å². The molecule has 1 atom stereocenters. The number of fused-ring (bicyclic) bond motifs is 1. The second kappa shape index (κ2) is 8.76. The number of ketones is 1. The van der Waals surface area contributed by atoms with Crippen molar-refractivity contribution < 1.29 is 28.5 Å². The van der Waals surface area contributed by atoms with E-state index >= 15 is 0 Å². The summed E-state index contributed by atoms with van der Waals surface area (Å²) in [4.78, 5) is 12.9. The second-order valence-corrected chi connectivity index (χ2v) is 7.78. The standard InChI is InChI=1S/C25H22F2O4/c26-19-4-7-22(27)17(13-19)9-10-31-20-5-6-21-16(14-20)2-3-18(25(21)30)11-15-1-8-23(28)24(29)12-15/h1,4-8,12-14,18,28-29H,2-3,9-11H2. The molecule has 0 bridgehead atoms. The zero-order chi connectivity index (χ0) is 22.0. The number of phenols is 2. The Labute approximate surface area is 178 Å². The largest absolute Gasteiger partial charge is 0.504 e. The highest BCUT2D eigenvalue weighted by Crippen LogP contribution is 2.32. The molecular weight excluding hydrogens is 402 g/mol. The number of rotatable bonds is 6. The summed E-state index contributed by atoms with van der Waals surface area (Å²) in [7, 11) is 0.